The summed E-state index contributed by atoms with van der Waals surface area (Å²) in [5.41, 5.74) is 3.19. The molecule has 0 saturated carbocycles. The first-order chi connectivity index (χ1) is 15.5. The average Bonchev–Trinajstić information content (AvgIpc) is 3.29. The zero-order chi connectivity index (χ0) is 22.2. The van der Waals surface area contributed by atoms with Gasteiger partial charge in [-0.2, -0.15) is 0 Å². The molecule has 1 unspecified atom stereocenters. The molecule has 6 nitrogen and oxygen atoms in total. The van der Waals surface area contributed by atoms with Crippen molar-refractivity contribution in [1.29, 1.82) is 0 Å². The fraction of sp³-hybridized carbons (Fsp3) is 0.478. The van der Waals surface area contributed by atoms with Gasteiger partial charge in [0.15, 0.2) is 0 Å². The Bertz CT molecular complexity index is 1050. The summed E-state index contributed by atoms with van der Waals surface area (Å²) in [6, 6.07) is 6.16. The number of benzene rings is 1. The number of piperidine rings is 1. The molecule has 1 aromatic carbocycles. The standard InChI is InChI=1S/C23H27Br3N6/c1-15-18(24)20(26)22-21(19(15)25)28-23(29-22)32-8-4-5-16(14-32)13-30-9-11-31(12-10-30)17-6-2-3-7-27-17/h2-3,6-7,16H,4-5,8-14H2,1H3,(H,28,29). The predicted octanol–water partition coefficient (Wildman–Crippen LogP) is 5.59. The van der Waals surface area contributed by atoms with Crippen LogP contribution >= 0.6 is 47.8 Å². The molecule has 4 heterocycles. The van der Waals surface area contributed by atoms with E-state index in [4.69, 9.17) is 4.98 Å². The van der Waals surface area contributed by atoms with Gasteiger partial charge in [0, 0.05) is 61.0 Å². The Balaban J connectivity index is 1.24. The van der Waals surface area contributed by atoms with Gasteiger partial charge in [0.25, 0.3) is 0 Å². The lowest BCUT2D eigenvalue weighted by Crippen LogP contribution is -2.50. The Morgan fingerprint density at radius 1 is 1.00 bits per heavy atom. The SMILES string of the molecule is Cc1c(Br)c(Br)c2nc(N3CCCC(CN4CCN(c5ccccn5)CC4)C3)[nH]c2c1Br. The van der Waals surface area contributed by atoms with Crippen LogP contribution in [-0.4, -0.2) is 65.7 Å². The number of hydrogen-bond acceptors (Lipinski definition) is 5. The molecule has 0 aliphatic carbocycles. The Labute approximate surface area is 214 Å². The second-order valence-electron chi connectivity index (χ2n) is 8.78. The van der Waals surface area contributed by atoms with E-state index < -0.39 is 0 Å². The summed E-state index contributed by atoms with van der Waals surface area (Å²) < 4.78 is 3.13. The van der Waals surface area contributed by atoms with Gasteiger partial charge in [-0.05, 0) is 91.2 Å². The maximum absolute atomic E-state index is 4.96. The summed E-state index contributed by atoms with van der Waals surface area (Å²) in [6.07, 6.45) is 4.38. The number of aromatic amines is 1. The monoisotopic (exact) mass is 624 g/mol. The van der Waals surface area contributed by atoms with E-state index in [1.54, 1.807) is 0 Å². The maximum atomic E-state index is 4.96. The number of H-pyrrole nitrogens is 1. The number of fused-ring (bicyclic) bond motifs is 1. The zero-order valence-corrected chi connectivity index (χ0v) is 22.9. The number of nitrogens with one attached hydrogen (secondary N) is 1. The number of hydrogen-bond donors (Lipinski definition) is 1. The highest BCUT2D eigenvalue weighted by molar-refractivity contribution is 9.13. The van der Waals surface area contributed by atoms with Gasteiger partial charge in [-0.3, -0.25) is 4.90 Å². The molecule has 2 aliphatic heterocycles. The van der Waals surface area contributed by atoms with E-state index >= 15 is 0 Å². The molecule has 9 heteroatoms. The van der Waals surface area contributed by atoms with Crippen LogP contribution in [0, 0.1) is 12.8 Å². The molecule has 3 aromatic rings. The topological polar surface area (TPSA) is 51.3 Å². The molecule has 5 rings (SSSR count). The normalized spacial score (nSPS) is 20.3. The van der Waals surface area contributed by atoms with Crippen molar-refractivity contribution in [3.05, 3.63) is 43.4 Å². The van der Waals surface area contributed by atoms with Gasteiger partial charge in [-0.15, -0.1) is 0 Å². The molecular formula is C23H27Br3N6. The van der Waals surface area contributed by atoms with Gasteiger partial charge >= 0.3 is 0 Å². The molecule has 0 bridgehead atoms. The summed E-state index contributed by atoms with van der Waals surface area (Å²) in [5.74, 6) is 2.74. The smallest absolute Gasteiger partial charge is 0.203 e. The van der Waals surface area contributed by atoms with Gasteiger partial charge in [-0.1, -0.05) is 6.07 Å². The van der Waals surface area contributed by atoms with Crippen LogP contribution in [0.2, 0.25) is 0 Å². The molecule has 170 valence electrons. The molecule has 2 aromatic heterocycles. The van der Waals surface area contributed by atoms with Crippen LogP contribution in [-0.2, 0) is 0 Å². The van der Waals surface area contributed by atoms with Crippen molar-refractivity contribution in [3.63, 3.8) is 0 Å². The molecule has 0 spiro atoms. The molecule has 32 heavy (non-hydrogen) atoms. The van der Waals surface area contributed by atoms with E-state index in [0.717, 1.165) is 82.0 Å². The third kappa shape index (κ3) is 4.45. The van der Waals surface area contributed by atoms with Gasteiger partial charge in [0.05, 0.1) is 9.99 Å². The maximum Gasteiger partial charge on any atom is 0.203 e. The number of pyridine rings is 1. The molecule has 1 N–H and O–H groups in total. The van der Waals surface area contributed by atoms with Crippen molar-refractivity contribution in [2.24, 2.45) is 5.92 Å². The highest BCUT2D eigenvalue weighted by Gasteiger charge is 2.27. The van der Waals surface area contributed by atoms with Gasteiger partial charge in [0.1, 0.15) is 11.3 Å². The molecule has 2 saturated heterocycles. The molecule has 0 radical (unpaired) electrons. The van der Waals surface area contributed by atoms with Gasteiger partial charge < -0.3 is 14.8 Å². The van der Waals surface area contributed by atoms with Crippen LogP contribution in [0.3, 0.4) is 0 Å². The number of aromatic nitrogens is 3. The summed E-state index contributed by atoms with van der Waals surface area (Å²) in [7, 11) is 0. The van der Waals surface area contributed by atoms with E-state index in [1.807, 2.05) is 12.3 Å². The minimum atomic E-state index is 0.665. The summed E-state index contributed by atoms with van der Waals surface area (Å²) >= 11 is 11.1. The van der Waals surface area contributed by atoms with Crippen molar-refractivity contribution in [1.82, 2.24) is 19.9 Å². The number of nitrogens with zero attached hydrogens (tertiary/aromatic N) is 5. The number of piperazine rings is 1. The third-order valence-corrected chi connectivity index (χ3v) is 9.94. The number of imidazole rings is 1. The molecular weight excluding hydrogens is 600 g/mol. The Hall–Kier alpha value is -1.16. The molecule has 2 aliphatic rings. The molecule has 0 amide bonds. The van der Waals surface area contributed by atoms with E-state index in [-0.39, 0.29) is 0 Å². The lowest BCUT2D eigenvalue weighted by atomic mass is 9.97. The van der Waals surface area contributed by atoms with Crippen molar-refractivity contribution in [2.75, 3.05) is 55.6 Å². The second-order valence-corrected chi connectivity index (χ2v) is 11.2. The first kappa shape index (κ1) is 22.6. The quantitative estimate of drug-likeness (QED) is 0.383. The number of anilines is 2. The van der Waals surface area contributed by atoms with E-state index in [0.29, 0.717) is 5.92 Å². The van der Waals surface area contributed by atoms with Crippen LogP contribution in [0.4, 0.5) is 11.8 Å². The predicted molar refractivity (Wildman–Crippen MR) is 142 cm³/mol. The fourth-order valence-corrected chi connectivity index (χ4v) is 6.57. The van der Waals surface area contributed by atoms with E-state index in [2.05, 4.69) is 91.5 Å². The Morgan fingerprint density at radius 3 is 2.56 bits per heavy atom. The number of rotatable bonds is 4. The first-order valence-electron chi connectivity index (χ1n) is 11.2. The zero-order valence-electron chi connectivity index (χ0n) is 18.1. The fourth-order valence-electron chi connectivity index (χ4n) is 4.85. The largest absolute Gasteiger partial charge is 0.354 e. The lowest BCUT2D eigenvalue weighted by molar-refractivity contribution is 0.205. The van der Waals surface area contributed by atoms with Crippen molar-refractivity contribution in [2.45, 2.75) is 19.8 Å². The van der Waals surface area contributed by atoms with Crippen molar-refractivity contribution >= 4 is 70.6 Å². The highest BCUT2D eigenvalue weighted by Crippen LogP contribution is 2.40. The third-order valence-electron chi connectivity index (χ3n) is 6.65. The Morgan fingerprint density at radius 2 is 1.81 bits per heavy atom. The van der Waals surface area contributed by atoms with Gasteiger partial charge in [0.2, 0.25) is 5.95 Å². The lowest BCUT2D eigenvalue weighted by Gasteiger charge is -2.39. The van der Waals surface area contributed by atoms with Crippen LogP contribution in [0.1, 0.15) is 18.4 Å². The molecule has 1 atom stereocenters. The second kappa shape index (κ2) is 9.60. The van der Waals surface area contributed by atoms with Crippen LogP contribution in [0.25, 0.3) is 11.0 Å². The van der Waals surface area contributed by atoms with Crippen LogP contribution in [0.5, 0.6) is 0 Å². The van der Waals surface area contributed by atoms with Crippen molar-refractivity contribution < 1.29 is 0 Å². The number of halogens is 3. The minimum absolute atomic E-state index is 0.665. The van der Waals surface area contributed by atoms with E-state index in [1.165, 1.54) is 18.4 Å². The van der Waals surface area contributed by atoms with E-state index in [9.17, 15) is 0 Å². The summed E-state index contributed by atoms with van der Waals surface area (Å²) in [6.45, 7) is 9.67. The summed E-state index contributed by atoms with van der Waals surface area (Å²) in [4.78, 5) is 20.5. The first-order valence-corrected chi connectivity index (χ1v) is 13.5. The average molecular weight is 627 g/mol. The minimum Gasteiger partial charge on any atom is -0.354 e. The highest BCUT2D eigenvalue weighted by atomic mass is 79.9. The van der Waals surface area contributed by atoms with Crippen LogP contribution < -0.4 is 9.80 Å². The van der Waals surface area contributed by atoms with Crippen LogP contribution in [0.15, 0.2) is 37.8 Å². The molecule has 2 fully saturated rings. The summed E-state index contributed by atoms with van der Waals surface area (Å²) in [5, 5.41) is 0. The Kier molecular flexibility index (Phi) is 6.79. The van der Waals surface area contributed by atoms with Gasteiger partial charge in [-0.25, -0.2) is 9.97 Å². The van der Waals surface area contributed by atoms with Crippen molar-refractivity contribution in [3.8, 4) is 0 Å².